The van der Waals surface area contributed by atoms with Gasteiger partial charge < -0.3 is 15.1 Å². The van der Waals surface area contributed by atoms with E-state index >= 15 is 0 Å². The second kappa shape index (κ2) is 8.21. The standard InChI is InChI=1S/C21H28N4O/c1-4-24(5-2)18-9-10-19(16(3)14-18)23-21(26)17-8-11-20(22-15-17)25-12-6-7-13-25/h8-11,14-15H,4-7,12-13H2,1-3H3,(H,23,26). The van der Waals surface area contributed by atoms with Crippen molar-refractivity contribution in [2.24, 2.45) is 0 Å². The van der Waals surface area contributed by atoms with Crippen LogP contribution in [0.15, 0.2) is 36.5 Å². The van der Waals surface area contributed by atoms with Gasteiger partial charge in [-0.05, 0) is 69.5 Å². The van der Waals surface area contributed by atoms with E-state index in [0.29, 0.717) is 5.56 Å². The molecule has 1 aromatic heterocycles. The number of aryl methyl sites for hydroxylation is 1. The molecule has 0 bridgehead atoms. The Morgan fingerprint density at radius 3 is 2.46 bits per heavy atom. The van der Waals surface area contributed by atoms with Crippen LogP contribution in [0.1, 0.15) is 42.6 Å². The van der Waals surface area contributed by atoms with Gasteiger partial charge in [-0.15, -0.1) is 0 Å². The molecule has 0 aliphatic carbocycles. The Bertz CT molecular complexity index is 747. The molecule has 5 nitrogen and oxygen atoms in total. The Labute approximate surface area is 156 Å². The highest BCUT2D eigenvalue weighted by Gasteiger charge is 2.15. The predicted octanol–water partition coefficient (Wildman–Crippen LogP) is 4.09. The number of amides is 1. The molecule has 0 atom stereocenters. The average molecular weight is 352 g/mol. The van der Waals surface area contributed by atoms with E-state index in [1.807, 2.05) is 25.1 Å². The monoisotopic (exact) mass is 352 g/mol. The summed E-state index contributed by atoms with van der Waals surface area (Å²) in [6, 6.07) is 9.96. The third kappa shape index (κ3) is 3.98. The number of pyridine rings is 1. The third-order valence-corrected chi connectivity index (χ3v) is 5.03. The van der Waals surface area contributed by atoms with Gasteiger partial charge >= 0.3 is 0 Å². The number of hydrogen-bond acceptors (Lipinski definition) is 4. The van der Waals surface area contributed by atoms with Crippen LogP contribution in [-0.2, 0) is 0 Å². The van der Waals surface area contributed by atoms with Crippen LogP contribution in [0.4, 0.5) is 17.2 Å². The molecular formula is C21H28N4O. The van der Waals surface area contributed by atoms with E-state index in [1.165, 1.54) is 18.5 Å². The van der Waals surface area contributed by atoms with Gasteiger partial charge in [0.1, 0.15) is 5.82 Å². The topological polar surface area (TPSA) is 48.5 Å². The fraction of sp³-hybridized carbons (Fsp3) is 0.429. The van der Waals surface area contributed by atoms with Gasteiger partial charge in [-0.3, -0.25) is 4.79 Å². The van der Waals surface area contributed by atoms with Gasteiger partial charge in [0, 0.05) is 43.8 Å². The normalized spacial score (nSPS) is 13.7. The third-order valence-electron chi connectivity index (χ3n) is 5.03. The molecule has 3 rings (SSSR count). The van der Waals surface area contributed by atoms with Gasteiger partial charge in [0.15, 0.2) is 0 Å². The molecule has 1 amide bonds. The number of nitrogens with zero attached hydrogens (tertiary/aromatic N) is 3. The summed E-state index contributed by atoms with van der Waals surface area (Å²) in [5.41, 5.74) is 3.67. The van der Waals surface area contributed by atoms with E-state index < -0.39 is 0 Å². The van der Waals surface area contributed by atoms with Gasteiger partial charge in [0.2, 0.25) is 0 Å². The first kappa shape index (κ1) is 18.2. The van der Waals surface area contributed by atoms with E-state index in [-0.39, 0.29) is 5.91 Å². The molecule has 26 heavy (non-hydrogen) atoms. The number of rotatable bonds is 6. The van der Waals surface area contributed by atoms with Crippen LogP contribution in [0.5, 0.6) is 0 Å². The maximum absolute atomic E-state index is 12.6. The Balaban J connectivity index is 1.69. The molecule has 1 aliphatic heterocycles. The van der Waals surface area contributed by atoms with Crippen molar-refractivity contribution in [3.63, 3.8) is 0 Å². The lowest BCUT2D eigenvalue weighted by molar-refractivity contribution is 0.102. The molecule has 0 unspecified atom stereocenters. The second-order valence-electron chi connectivity index (χ2n) is 6.72. The van der Waals surface area contributed by atoms with Crippen molar-refractivity contribution in [1.82, 2.24) is 4.98 Å². The van der Waals surface area contributed by atoms with Crippen LogP contribution in [0, 0.1) is 6.92 Å². The highest BCUT2D eigenvalue weighted by molar-refractivity contribution is 6.04. The molecule has 5 heteroatoms. The molecule has 1 aromatic carbocycles. The Morgan fingerprint density at radius 2 is 1.88 bits per heavy atom. The van der Waals surface area contributed by atoms with E-state index in [2.05, 4.69) is 46.1 Å². The van der Waals surface area contributed by atoms with Gasteiger partial charge in [-0.2, -0.15) is 0 Å². The zero-order valence-electron chi connectivity index (χ0n) is 16.0. The molecule has 1 fully saturated rings. The van der Waals surface area contributed by atoms with Crippen molar-refractivity contribution >= 4 is 23.1 Å². The molecule has 0 saturated carbocycles. The summed E-state index contributed by atoms with van der Waals surface area (Å²) in [7, 11) is 0. The number of nitrogens with one attached hydrogen (secondary N) is 1. The van der Waals surface area contributed by atoms with Gasteiger partial charge in [0.25, 0.3) is 5.91 Å². The smallest absolute Gasteiger partial charge is 0.257 e. The molecule has 1 aliphatic rings. The lowest BCUT2D eigenvalue weighted by Gasteiger charge is -2.22. The highest BCUT2D eigenvalue weighted by atomic mass is 16.1. The van der Waals surface area contributed by atoms with Gasteiger partial charge in [0.05, 0.1) is 5.56 Å². The van der Waals surface area contributed by atoms with Gasteiger partial charge in [-0.25, -0.2) is 4.98 Å². The largest absolute Gasteiger partial charge is 0.372 e. The summed E-state index contributed by atoms with van der Waals surface area (Å²) in [6.45, 7) is 10.4. The summed E-state index contributed by atoms with van der Waals surface area (Å²) in [5.74, 6) is 0.836. The zero-order valence-corrected chi connectivity index (χ0v) is 16.0. The molecule has 1 saturated heterocycles. The van der Waals surface area contributed by atoms with Crippen molar-refractivity contribution < 1.29 is 4.79 Å². The first-order valence-corrected chi connectivity index (χ1v) is 9.50. The molecule has 0 radical (unpaired) electrons. The van der Waals surface area contributed by atoms with Crippen molar-refractivity contribution in [1.29, 1.82) is 0 Å². The van der Waals surface area contributed by atoms with Crippen LogP contribution >= 0.6 is 0 Å². The molecule has 0 spiro atoms. The minimum Gasteiger partial charge on any atom is -0.372 e. The Hall–Kier alpha value is -2.56. The number of carbonyl (C=O) groups is 1. The fourth-order valence-corrected chi connectivity index (χ4v) is 3.42. The first-order chi connectivity index (χ1) is 12.6. The fourth-order valence-electron chi connectivity index (χ4n) is 3.42. The first-order valence-electron chi connectivity index (χ1n) is 9.50. The minimum atomic E-state index is -0.121. The number of hydrogen-bond donors (Lipinski definition) is 1. The molecule has 1 N–H and O–H groups in total. The van der Waals surface area contributed by atoms with Crippen LogP contribution in [0.2, 0.25) is 0 Å². The summed E-state index contributed by atoms with van der Waals surface area (Å²) in [5, 5.41) is 3.01. The maximum Gasteiger partial charge on any atom is 0.257 e. The maximum atomic E-state index is 12.6. The van der Waals surface area contributed by atoms with Gasteiger partial charge in [-0.1, -0.05) is 0 Å². The molecule has 138 valence electrons. The van der Waals surface area contributed by atoms with Crippen molar-refractivity contribution in [2.75, 3.05) is 41.3 Å². The summed E-state index contributed by atoms with van der Waals surface area (Å²) in [4.78, 5) is 21.6. The van der Waals surface area contributed by atoms with Crippen LogP contribution in [-0.4, -0.2) is 37.1 Å². The number of carbonyl (C=O) groups excluding carboxylic acids is 1. The average Bonchev–Trinajstić information content (AvgIpc) is 3.19. The Morgan fingerprint density at radius 1 is 1.15 bits per heavy atom. The quantitative estimate of drug-likeness (QED) is 0.851. The van der Waals surface area contributed by atoms with Crippen molar-refractivity contribution in [3.8, 4) is 0 Å². The lowest BCUT2D eigenvalue weighted by atomic mass is 10.1. The summed E-state index contributed by atoms with van der Waals surface area (Å²) >= 11 is 0. The van der Waals surface area contributed by atoms with E-state index in [4.69, 9.17) is 0 Å². The number of anilines is 3. The van der Waals surface area contributed by atoms with Crippen LogP contribution < -0.4 is 15.1 Å². The zero-order chi connectivity index (χ0) is 18.5. The second-order valence-corrected chi connectivity index (χ2v) is 6.72. The predicted molar refractivity (Wildman–Crippen MR) is 108 cm³/mol. The number of aromatic nitrogens is 1. The van der Waals surface area contributed by atoms with Crippen molar-refractivity contribution in [2.45, 2.75) is 33.6 Å². The van der Waals surface area contributed by atoms with Crippen LogP contribution in [0.3, 0.4) is 0 Å². The van der Waals surface area contributed by atoms with Crippen LogP contribution in [0.25, 0.3) is 0 Å². The van der Waals surface area contributed by atoms with Crippen molar-refractivity contribution in [3.05, 3.63) is 47.7 Å². The number of benzene rings is 1. The summed E-state index contributed by atoms with van der Waals surface area (Å²) in [6.07, 6.45) is 4.10. The molecular weight excluding hydrogens is 324 g/mol. The highest BCUT2D eigenvalue weighted by Crippen LogP contribution is 2.23. The van der Waals surface area contributed by atoms with E-state index in [9.17, 15) is 4.79 Å². The SMILES string of the molecule is CCN(CC)c1ccc(NC(=O)c2ccc(N3CCCC3)nc2)c(C)c1. The minimum absolute atomic E-state index is 0.121. The summed E-state index contributed by atoms with van der Waals surface area (Å²) < 4.78 is 0. The van der Waals surface area contributed by atoms with E-state index in [0.717, 1.165) is 43.2 Å². The molecule has 2 aromatic rings. The Kier molecular flexibility index (Phi) is 5.76. The van der Waals surface area contributed by atoms with E-state index in [1.54, 1.807) is 6.20 Å². The lowest BCUT2D eigenvalue weighted by Crippen LogP contribution is -2.22. The molecule has 2 heterocycles.